The van der Waals surface area contributed by atoms with Gasteiger partial charge in [-0.15, -0.1) is 0 Å². The Hall–Kier alpha value is 0.394. The third kappa shape index (κ3) is 8.39. The zero-order chi connectivity index (χ0) is 7.11. The first kappa shape index (κ1) is 9.39. The van der Waals surface area contributed by atoms with Crippen molar-refractivity contribution in [3.05, 3.63) is 0 Å². The second-order valence-corrected chi connectivity index (χ2v) is 2.83. The Kier molecular flexibility index (Phi) is 6.80. The molecule has 0 fully saturated rings. The molecule has 0 saturated carbocycles. The number of hydrogen-bond donors (Lipinski definition) is 2. The van der Waals surface area contributed by atoms with Crippen molar-refractivity contribution in [3.8, 4) is 0 Å². The molecular weight excluding hydrogens is 160 g/mol. The first-order chi connectivity index (χ1) is 4.27. The van der Waals surface area contributed by atoms with Crippen molar-refractivity contribution < 1.29 is 34.1 Å². The van der Waals surface area contributed by atoms with Gasteiger partial charge in [-0.05, 0) is 0 Å². The molecule has 4 nitrogen and oxygen atoms in total. The van der Waals surface area contributed by atoms with Crippen LogP contribution < -0.4 is 0 Å². The summed E-state index contributed by atoms with van der Waals surface area (Å²) in [4.78, 5) is 0. The van der Waals surface area contributed by atoms with Crippen LogP contribution in [0.4, 0.5) is 0 Å². The van der Waals surface area contributed by atoms with E-state index in [1.807, 2.05) is 0 Å². The van der Waals surface area contributed by atoms with Gasteiger partial charge in [0.1, 0.15) is 0 Å². The van der Waals surface area contributed by atoms with Gasteiger partial charge in [0.2, 0.25) is 0 Å². The van der Waals surface area contributed by atoms with Crippen molar-refractivity contribution in [1.29, 1.82) is 0 Å². The molecule has 2 N–H and O–H groups in total. The van der Waals surface area contributed by atoms with E-state index in [2.05, 4.69) is 3.32 Å². The average molecular weight is 170 g/mol. The molecule has 5 heteroatoms. The minimum atomic E-state index is -3.27. The van der Waals surface area contributed by atoms with Crippen LogP contribution in [0, 0.1) is 0 Å². The summed E-state index contributed by atoms with van der Waals surface area (Å²) in [5.41, 5.74) is 0. The SMILES string of the molecule is [O]=[Ti]([OH])[O]CCCCO. The van der Waals surface area contributed by atoms with E-state index in [1.165, 1.54) is 0 Å². The maximum atomic E-state index is 9.93. The molecule has 0 aromatic heterocycles. The van der Waals surface area contributed by atoms with Crippen molar-refractivity contribution in [2.45, 2.75) is 12.8 Å². The molecule has 0 atom stereocenters. The normalized spacial score (nSPS) is 9.56. The van der Waals surface area contributed by atoms with E-state index < -0.39 is 18.6 Å². The van der Waals surface area contributed by atoms with Crippen LogP contribution in [0.2, 0.25) is 0 Å². The van der Waals surface area contributed by atoms with Crippen molar-refractivity contribution in [2.75, 3.05) is 13.2 Å². The third-order valence-corrected chi connectivity index (χ3v) is 1.48. The Morgan fingerprint density at radius 1 is 1.44 bits per heavy atom. The monoisotopic (exact) mass is 170 g/mol. The van der Waals surface area contributed by atoms with Gasteiger partial charge in [-0.25, -0.2) is 0 Å². The summed E-state index contributed by atoms with van der Waals surface area (Å²) in [6, 6.07) is 0. The van der Waals surface area contributed by atoms with Gasteiger partial charge in [-0.3, -0.25) is 0 Å². The van der Waals surface area contributed by atoms with Crippen molar-refractivity contribution in [2.24, 2.45) is 0 Å². The molecular formula is C4H10O4Ti. The van der Waals surface area contributed by atoms with E-state index in [0.717, 1.165) is 0 Å². The Balaban J connectivity index is 2.83. The molecule has 0 aliphatic carbocycles. The first-order valence-corrected chi connectivity index (χ1v) is 4.71. The van der Waals surface area contributed by atoms with Gasteiger partial charge < -0.3 is 0 Å². The molecule has 0 aliphatic heterocycles. The van der Waals surface area contributed by atoms with Crippen LogP contribution >= 0.6 is 0 Å². The van der Waals surface area contributed by atoms with Crippen LogP contribution in [0.3, 0.4) is 0 Å². The summed E-state index contributed by atoms with van der Waals surface area (Å²) < 4.78 is 22.5. The molecule has 54 valence electrons. The van der Waals surface area contributed by atoms with E-state index in [9.17, 15) is 3.32 Å². The quantitative estimate of drug-likeness (QED) is 0.433. The summed E-state index contributed by atoms with van der Waals surface area (Å²) in [6.45, 7) is 0.402. The standard InChI is InChI=1S/C4H9O2.H2O.O.Ti/c5-3-1-2-4-6;;;/h5H,1-4H2;1H2;;/q-1;;;+2/p-1. The van der Waals surface area contributed by atoms with Crippen molar-refractivity contribution >= 4 is 0 Å². The summed E-state index contributed by atoms with van der Waals surface area (Å²) in [5, 5.41) is 8.25. The van der Waals surface area contributed by atoms with E-state index in [-0.39, 0.29) is 13.2 Å². The molecule has 0 aromatic carbocycles. The van der Waals surface area contributed by atoms with Crippen LogP contribution in [-0.2, 0) is 25.3 Å². The Labute approximate surface area is 60.6 Å². The number of unbranched alkanes of at least 4 members (excludes halogenated alkanes) is 1. The Morgan fingerprint density at radius 2 is 2.11 bits per heavy atom. The van der Waals surface area contributed by atoms with E-state index in [1.54, 1.807) is 0 Å². The Morgan fingerprint density at radius 3 is 2.56 bits per heavy atom. The first-order valence-electron chi connectivity index (χ1n) is 2.74. The molecule has 0 aromatic rings. The van der Waals surface area contributed by atoms with Gasteiger partial charge in [-0.1, -0.05) is 0 Å². The maximum absolute atomic E-state index is 9.93. The summed E-state index contributed by atoms with van der Waals surface area (Å²) in [5.74, 6) is 0. The fourth-order valence-corrected chi connectivity index (χ4v) is 0.871. The van der Waals surface area contributed by atoms with Gasteiger partial charge in [0, 0.05) is 0 Å². The second kappa shape index (κ2) is 6.51. The molecule has 9 heavy (non-hydrogen) atoms. The van der Waals surface area contributed by atoms with Crippen LogP contribution in [0.1, 0.15) is 12.8 Å². The second-order valence-electron chi connectivity index (χ2n) is 1.55. The van der Waals surface area contributed by atoms with Gasteiger partial charge in [0.25, 0.3) is 0 Å². The van der Waals surface area contributed by atoms with E-state index >= 15 is 0 Å². The molecule has 0 saturated heterocycles. The van der Waals surface area contributed by atoms with Crippen LogP contribution in [-0.4, -0.2) is 22.0 Å². The number of aliphatic hydroxyl groups excluding tert-OH is 1. The van der Waals surface area contributed by atoms with Gasteiger partial charge >= 0.3 is 60.1 Å². The predicted octanol–water partition coefficient (Wildman–Crippen LogP) is -0.439. The van der Waals surface area contributed by atoms with E-state index in [4.69, 9.17) is 8.79 Å². The molecule has 0 bridgehead atoms. The molecule has 0 spiro atoms. The van der Waals surface area contributed by atoms with Crippen molar-refractivity contribution in [3.63, 3.8) is 0 Å². The van der Waals surface area contributed by atoms with Crippen LogP contribution in [0.25, 0.3) is 0 Å². The summed E-state index contributed by atoms with van der Waals surface area (Å²) in [6.07, 6.45) is 1.28. The average Bonchev–Trinajstić information content (AvgIpc) is 1.80. The molecule has 0 amide bonds. The fourth-order valence-electron chi connectivity index (χ4n) is 0.373. The predicted molar refractivity (Wildman–Crippen MR) is 25.2 cm³/mol. The topological polar surface area (TPSA) is 66.8 Å². The number of aliphatic hydroxyl groups is 1. The van der Waals surface area contributed by atoms with Gasteiger partial charge in [-0.2, -0.15) is 0 Å². The minimum absolute atomic E-state index is 0.114. The number of hydrogen-bond acceptors (Lipinski definition) is 3. The zero-order valence-electron chi connectivity index (χ0n) is 5.04. The van der Waals surface area contributed by atoms with E-state index in [0.29, 0.717) is 12.8 Å². The van der Waals surface area contributed by atoms with Gasteiger partial charge in [0.15, 0.2) is 0 Å². The third-order valence-electron chi connectivity index (χ3n) is 0.778. The fraction of sp³-hybridized carbons (Fsp3) is 1.00. The number of rotatable bonds is 5. The summed E-state index contributed by atoms with van der Waals surface area (Å²) >= 11 is -3.27. The van der Waals surface area contributed by atoms with Crippen LogP contribution in [0.5, 0.6) is 0 Å². The zero-order valence-corrected chi connectivity index (χ0v) is 6.60. The molecule has 0 heterocycles. The van der Waals surface area contributed by atoms with Crippen molar-refractivity contribution in [1.82, 2.24) is 0 Å². The molecule has 0 radical (unpaired) electrons. The molecule has 0 aliphatic rings. The van der Waals surface area contributed by atoms with Gasteiger partial charge in [0.05, 0.1) is 0 Å². The molecule has 0 unspecified atom stereocenters. The molecule has 0 rings (SSSR count). The Bertz CT molecular complexity index is 84.6. The van der Waals surface area contributed by atoms with Crippen LogP contribution in [0.15, 0.2) is 0 Å². The summed E-state index contributed by atoms with van der Waals surface area (Å²) in [7, 11) is 0.